The van der Waals surface area contributed by atoms with Gasteiger partial charge in [0.05, 0.1) is 18.3 Å². The van der Waals surface area contributed by atoms with Crippen LogP contribution in [0, 0.1) is 0 Å². The summed E-state index contributed by atoms with van der Waals surface area (Å²) in [5.74, 6) is 0.457. The molecule has 0 amide bonds. The first-order valence-corrected chi connectivity index (χ1v) is 4.66. The number of aromatic nitrogens is 1. The van der Waals surface area contributed by atoms with E-state index in [9.17, 15) is 8.78 Å². The summed E-state index contributed by atoms with van der Waals surface area (Å²) in [4.78, 5) is 3.80. The molecular weight excluding hydrogens is 202 g/mol. The van der Waals surface area contributed by atoms with Crippen LogP contribution in [0.4, 0.5) is 8.78 Å². The Balaban J connectivity index is 2.82. The Bertz CT molecular complexity index is 318. The predicted molar refractivity (Wildman–Crippen MR) is 52.9 cm³/mol. The van der Waals surface area contributed by atoms with Gasteiger partial charge in [0.2, 0.25) is 0 Å². The van der Waals surface area contributed by atoms with Crippen molar-refractivity contribution in [1.29, 1.82) is 0 Å². The molecule has 0 spiro atoms. The molecule has 1 heterocycles. The Morgan fingerprint density at radius 1 is 1.33 bits per heavy atom. The third kappa shape index (κ3) is 3.43. The molecule has 0 bridgehead atoms. The van der Waals surface area contributed by atoms with Crippen LogP contribution in [0.1, 0.15) is 25.5 Å². The quantitative estimate of drug-likeness (QED) is 0.838. The zero-order chi connectivity index (χ0) is 11.4. The number of hydrogen-bond donors (Lipinski definition) is 1. The van der Waals surface area contributed by atoms with E-state index in [4.69, 9.17) is 10.5 Å². The van der Waals surface area contributed by atoms with Gasteiger partial charge in [-0.05, 0) is 25.5 Å². The number of halogens is 2. The molecule has 0 aliphatic carbocycles. The minimum absolute atomic E-state index is 0.0233. The van der Waals surface area contributed by atoms with E-state index in [1.54, 1.807) is 0 Å². The van der Waals surface area contributed by atoms with Crippen molar-refractivity contribution in [1.82, 2.24) is 4.98 Å². The Morgan fingerprint density at radius 3 is 2.53 bits per heavy atom. The van der Waals surface area contributed by atoms with E-state index in [1.807, 2.05) is 13.8 Å². The number of nitrogens with zero attached hydrogens (tertiary/aromatic N) is 1. The normalized spacial score (nSPS) is 13.3. The van der Waals surface area contributed by atoms with Gasteiger partial charge in [-0.25, -0.2) is 8.78 Å². The summed E-state index contributed by atoms with van der Waals surface area (Å²) in [7, 11) is 0. The highest BCUT2D eigenvalue weighted by Crippen LogP contribution is 2.21. The first-order valence-electron chi connectivity index (χ1n) is 4.66. The zero-order valence-corrected chi connectivity index (χ0v) is 8.65. The van der Waals surface area contributed by atoms with E-state index in [-0.39, 0.29) is 11.7 Å². The molecule has 5 heteroatoms. The van der Waals surface area contributed by atoms with Crippen LogP contribution in [0.3, 0.4) is 0 Å². The molecule has 1 aromatic heterocycles. The van der Waals surface area contributed by atoms with Crippen LogP contribution in [0.25, 0.3) is 0 Å². The van der Waals surface area contributed by atoms with Crippen LogP contribution in [-0.4, -0.2) is 17.5 Å². The fourth-order valence-corrected chi connectivity index (χ4v) is 1.10. The van der Waals surface area contributed by atoms with Gasteiger partial charge in [0, 0.05) is 6.20 Å². The number of pyridine rings is 1. The molecule has 1 unspecified atom stereocenters. The standard InChI is InChI=1S/C10H14F2N2O/c1-6(2)15-8-3-7(4-14-5-8)9(13)10(11)12/h3-6,9-10H,13H2,1-2H3. The molecule has 84 valence electrons. The third-order valence-corrected chi connectivity index (χ3v) is 1.76. The second-order valence-corrected chi connectivity index (χ2v) is 3.48. The lowest BCUT2D eigenvalue weighted by Crippen LogP contribution is -2.19. The summed E-state index contributed by atoms with van der Waals surface area (Å²) in [6.07, 6.45) is 0.178. The molecule has 15 heavy (non-hydrogen) atoms. The average molecular weight is 216 g/mol. The van der Waals surface area contributed by atoms with Crippen LogP contribution in [0.15, 0.2) is 18.5 Å². The SMILES string of the molecule is CC(C)Oc1cncc(C(N)C(F)F)c1. The number of ether oxygens (including phenoxy) is 1. The smallest absolute Gasteiger partial charge is 0.257 e. The lowest BCUT2D eigenvalue weighted by molar-refractivity contribution is 0.116. The molecule has 0 saturated carbocycles. The van der Waals surface area contributed by atoms with Crippen LogP contribution >= 0.6 is 0 Å². The predicted octanol–water partition coefficient (Wildman–Crippen LogP) is 2.13. The number of hydrogen-bond acceptors (Lipinski definition) is 3. The van der Waals surface area contributed by atoms with Gasteiger partial charge in [-0.1, -0.05) is 0 Å². The molecule has 0 radical (unpaired) electrons. The molecule has 1 rings (SSSR count). The number of nitrogens with two attached hydrogens (primary N) is 1. The van der Waals surface area contributed by atoms with E-state index < -0.39 is 12.5 Å². The molecule has 3 nitrogen and oxygen atoms in total. The molecule has 0 aromatic carbocycles. The van der Waals surface area contributed by atoms with Gasteiger partial charge in [-0.2, -0.15) is 0 Å². The highest BCUT2D eigenvalue weighted by atomic mass is 19.3. The summed E-state index contributed by atoms with van der Waals surface area (Å²) in [6, 6.07) is 0.178. The lowest BCUT2D eigenvalue weighted by atomic mass is 10.1. The van der Waals surface area contributed by atoms with Crippen LogP contribution < -0.4 is 10.5 Å². The van der Waals surface area contributed by atoms with Crippen molar-refractivity contribution in [2.75, 3.05) is 0 Å². The lowest BCUT2D eigenvalue weighted by Gasteiger charge is -2.13. The van der Waals surface area contributed by atoms with Crippen molar-refractivity contribution < 1.29 is 13.5 Å². The Hall–Kier alpha value is -1.23. The maximum absolute atomic E-state index is 12.3. The van der Waals surface area contributed by atoms with Crippen molar-refractivity contribution in [3.8, 4) is 5.75 Å². The van der Waals surface area contributed by atoms with Crippen LogP contribution in [-0.2, 0) is 0 Å². The third-order valence-electron chi connectivity index (χ3n) is 1.76. The van der Waals surface area contributed by atoms with Crippen molar-refractivity contribution >= 4 is 0 Å². The molecule has 0 fully saturated rings. The van der Waals surface area contributed by atoms with E-state index in [1.165, 1.54) is 18.5 Å². The molecule has 1 atom stereocenters. The van der Waals surface area contributed by atoms with E-state index in [0.29, 0.717) is 5.75 Å². The second-order valence-electron chi connectivity index (χ2n) is 3.48. The van der Waals surface area contributed by atoms with Gasteiger partial charge in [0.1, 0.15) is 5.75 Å². The fraction of sp³-hybridized carbons (Fsp3) is 0.500. The van der Waals surface area contributed by atoms with Gasteiger partial charge in [-0.15, -0.1) is 0 Å². The monoisotopic (exact) mass is 216 g/mol. The molecular formula is C10H14F2N2O. The Kier molecular flexibility index (Phi) is 3.96. The first-order chi connectivity index (χ1) is 7.00. The molecule has 1 aromatic rings. The second kappa shape index (κ2) is 5.02. The average Bonchev–Trinajstić information content (AvgIpc) is 2.16. The van der Waals surface area contributed by atoms with Gasteiger partial charge in [0.25, 0.3) is 6.43 Å². The van der Waals surface area contributed by atoms with Crippen molar-refractivity contribution in [3.05, 3.63) is 24.0 Å². The Labute approximate surface area is 87.3 Å². The number of rotatable bonds is 4. The molecule has 2 N–H and O–H groups in total. The summed E-state index contributed by atoms with van der Waals surface area (Å²) in [5, 5.41) is 0. The zero-order valence-electron chi connectivity index (χ0n) is 8.65. The van der Waals surface area contributed by atoms with Gasteiger partial charge < -0.3 is 10.5 Å². The summed E-state index contributed by atoms with van der Waals surface area (Å²) in [5.41, 5.74) is 5.57. The van der Waals surface area contributed by atoms with Gasteiger partial charge >= 0.3 is 0 Å². The maximum atomic E-state index is 12.3. The van der Waals surface area contributed by atoms with E-state index in [2.05, 4.69) is 4.98 Å². The van der Waals surface area contributed by atoms with Crippen molar-refractivity contribution in [3.63, 3.8) is 0 Å². The topological polar surface area (TPSA) is 48.1 Å². The van der Waals surface area contributed by atoms with E-state index in [0.717, 1.165) is 0 Å². The highest BCUT2D eigenvalue weighted by Gasteiger charge is 2.18. The summed E-state index contributed by atoms with van der Waals surface area (Å²) >= 11 is 0. The summed E-state index contributed by atoms with van der Waals surface area (Å²) < 4.78 is 30.0. The largest absolute Gasteiger partial charge is 0.489 e. The highest BCUT2D eigenvalue weighted by molar-refractivity contribution is 5.26. The van der Waals surface area contributed by atoms with Crippen molar-refractivity contribution in [2.24, 2.45) is 5.73 Å². The van der Waals surface area contributed by atoms with Gasteiger partial charge in [-0.3, -0.25) is 4.98 Å². The minimum Gasteiger partial charge on any atom is -0.489 e. The van der Waals surface area contributed by atoms with Crippen LogP contribution in [0.5, 0.6) is 5.75 Å². The van der Waals surface area contributed by atoms with Crippen molar-refractivity contribution in [2.45, 2.75) is 32.4 Å². The first kappa shape index (κ1) is 11.8. The molecule has 0 aliphatic rings. The minimum atomic E-state index is -2.60. The fourth-order valence-electron chi connectivity index (χ4n) is 1.10. The molecule has 0 aliphatic heterocycles. The summed E-state index contributed by atoms with van der Waals surface area (Å²) in [6.45, 7) is 3.69. The molecule has 0 saturated heterocycles. The van der Waals surface area contributed by atoms with E-state index >= 15 is 0 Å². The Morgan fingerprint density at radius 2 is 2.00 bits per heavy atom. The number of alkyl halides is 2. The van der Waals surface area contributed by atoms with Gasteiger partial charge in [0.15, 0.2) is 0 Å². The maximum Gasteiger partial charge on any atom is 0.257 e. The van der Waals surface area contributed by atoms with Crippen LogP contribution in [0.2, 0.25) is 0 Å².